The van der Waals surface area contributed by atoms with Crippen LogP contribution in [0.3, 0.4) is 0 Å². The number of ketones is 1. The van der Waals surface area contributed by atoms with Crippen LogP contribution in [0.25, 0.3) is 0 Å². The van der Waals surface area contributed by atoms with Gasteiger partial charge in [-0.15, -0.1) is 6.58 Å². The fourth-order valence-corrected chi connectivity index (χ4v) is 8.47. The van der Waals surface area contributed by atoms with Crippen LogP contribution in [0.2, 0.25) is 0 Å². The number of aliphatic hydroxyl groups is 1. The van der Waals surface area contributed by atoms with Gasteiger partial charge in [0, 0.05) is 13.6 Å². The molecule has 2 heterocycles. The van der Waals surface area contributed by atoms with Crippen molar-refractivity contribution in [3.8, 4) is 0 Å². The van der Waals surface area contributed by atoms with Gasteiger partial charge in [-0.25, -0.2) is 0 Å². The predicted octanol–water partition coefficient (Wildman–Crippen LogP) is 4.36. The Bertz CT molecular complexity index is 1030. The summed E-state index contributed by atoms with van der Waals surface area (Å²) in [4.78, 5) is 39.7. The van der Waals surface area contributed by atoms with Crippen molar-refractivity contribution in [3.05, 3.63) is 48.3 Å². The zero-order valence-corrected chi connectivity index (χ0v) is 21.6. The van der Waals surface area contributed by atoms with Gasteiger partial charge in [-0.1, -0.05) is 25.2 Å². The minimum atomic E-state index is -0.593. The number of likely N-dealkylation sites (N-methyl/N-ethyl adjacent to an activating group) is 1. The van der Waals surface area contributed by atoms with Crippen LogP contribution in [-0.2, 0) is 14.4 Å². The maximum absolute atomic E-state index is 13.0. The molecule has 1 saturated heterocycles. The van der Waals surface area contributed by atoms with E-state index in [2.05, 4.69) is 24.9 Å². The van der Waals surface area contributed by atoms with Crippen LogP contribution >= 0.6 is 0 Å². The number of nitrogens with zero attached hydrogens (tertiary/aromatic N) is 1. The van der Waals surface area contributed by atoms with Crippen molar-refractivity contribution in [2.45, 2.75) is 57.9 Å². The van der Waals surface area contributed by atoms with E-state index >= 15 is 0 Å². The fourth-order valence-electron chi connectivity index (χ4n) is 8.47. The highest BCUT2D eigenvalue weighted by Gasteiger charge is 2.53. The standard InChI is InChI=1S/C30H40N2O4/c1-4-19-17(2)15-23-21(19)11-12-22-20-7-5-9-27(34)31-14-6-8-25-29(35)28(30(36)32(25)3)26(33)13-10-18(20)16-24(22)23/h4-5,9-10,13,17-25,33H,1,6-8,11-12,14-16H2,2-3H3,(H,31,34)/b9-5-,13-10+,28-26-. The summed E-state index contributed by atoms with van der Waals surface area (Å²) in [5.74, 6) is 3.45. The molecule has 194 valence electrons. The van der Waals surface area contributed by atoms with Crippen LogP contribution in [0.4, 0.5) is 0 Å². The summed E-state index contributed by atoms with van der Waals surface area (Å²) in [5.41, 5.74) is -0.0970. The predicted molar refractivity (Wildman–Crippen MR) is 139 cm³/mol. The lowest BCUT2D eigenvalue weighted by Gasteiger charge is -2.39. The summed E-state index contributed by atoms with van der Waals surface area (Å²) in [6.07, 6.45) is 16.1. The van der Waals surface area contributed by atoms with E-state index in [4.69, 9.17) is 0 Å². The molecule has 3 saturated carbocycles. The second-order valence-electron chi connectivity index (χ2n) is 11.8. The van der Waals surface area contributed by atoms with Gasteiger partial charge in [0.2, 0.25) is 5.91 Å². The van der Waals surface area contributed by atoms with Gasteiger partial charge in [0.25, 0.3) is 5.91 Å². The Balaban J connectivity index is 1.46. The quantitative estimate of drug-likeness (QED) is 0.421. The molecule has 0 aromatic heterocycles. The average Bonchev–Trinajstić information content (AvgIpc) is 3.44. The lowest BCUT2D eigenvalue weighted by atomic mass is 9.66. The number of Topliss-reactive ketones (excluding diaryl/α,β-unsaturated/α-hetero) is 1. The lowest BCUT2D eigenvalue weighted by molar-refractivity contribution is -0.125. The van der Waals surface area contributed by atoms with Gasteiger partial charge >= 0.3 is 0 Å². The minimum absolute atomic E-state index is 0.0970. The normalized spacial score (nSPS) is 45.0. The van der Waals surface area contributed by atoms with Crippen LogP contribution in [-0.4, -0.2) is 47.2 Å². The highest BCUT2D eigenvalue weighted by molar-refractivity contribution is 6.26. The number of hydrogen-bond acceptors (Lipinski definition) is 4. The second-order valence-corrected chi connectivity index (χ2v) is 11.8. The summed E-state index contributed by atoms with van der Waals surface area (Å²) in [6, 6.07) is -0.593. The molecule has 0 radical (unpaired) electrons. The largest absolute Gasteiger partial charge is 0.507 e. The Labute approximate surface area is 214 Å². The SMILES string of the molecule is C=CC1C(C)CC2C1CCC1C3C/C=C\C(=O)NCCCC4C(=O)/C(=C(O)\C=C\C3CC12)C(=O)N4C. The van der Waals surface area contributed by atoms with Gasteiger partial charge in [0.1, 0.15) is 11.3 Å². The van der Waals surface area contributed by atoms with E-state index in [1.54, 1.807) is 19.2 Å². The van der Waals surface area contributed by atoms with E-state index < -0.39 is 11.9 Å². The smallest absolute Gasteiger partial charge is 0.261 e. The van der Waals surface area contributed by atoms with Crippen LogP contribution < -0.4 is 5.32 Å². The number of carbonyl (C=O) groups excluding carboxylic acids is 3. The number of hydrogen-bond donors (Lipinski definition) is 2. The molecule has 9 atom stereocenters. The topological polar surface area (TPSA) is 86.7 Å². The molecule has 3 aliphatic carbocycles. The second kappa shape index (κ2) is 10.0. The maximum atomic E-state index is 13.0. The molecular formula is C30H40N2O4. The Morgan fingerprint density at radius 2 is 1.78 bits per heavy atom. The third-order valence-electron chi connectivity index (χ3n) is 10.1. The zero-order valence-electron chi connectivity index (χ0n) is 21.6. The number of rotatable bonds is 1. The number of nitrogens with one attached hydrogen (secondary N) is 1. The van der Waals surface area contributed by atoms with Gasteiger partial charge < -0.3 is 15.3 Å². The Hall–Kier alpha value is -2.63. The molecule has 0 aromatic carbocycles. The van der Waals surface area contributed by atoms with Crippen molar-refractivity contribution < 1.29 is 19.5 Å². The van der Waals surface area contributed by atoms with Crippen molar-refractivity contribution in [1.82, 2.24) is 10.2 Å². The minimum Gasteiger partial charge on any atom is -0.507 e. The monoisotopic (exact) mass is 492 g/mol. The van der Waals surface area contributed by atoms with Crippen molar-refractivity contribution in [1.29, 1.82) is 0 Å². The Morgan fingerprint density at radius 3 is 2.56 bits per heavy atom. The van der Waals surface area contributed by atoms with E-state index in [1.165, 1.54) is 24.2 Å². The van der Waals surface area contributed by atoms with Crippen LogP contribution in [0, 0.1) is 47.3 Å². The number of amides is 2. The van der Waals surface area contributed by atoms with Crippen molar-refractivity contribution >= 4 is 17.6 Å². The van der Waals surface area contributed by atoms with E-state index in [1.807, 2.05) is 12.2 Å². The molecule has 9 unspecified atom stereocenters. The summed E-state index contributed by atoms with van der Waals surface area (Å²) < 4.78 is 0. The fraction of sp³-hybridized carbons (Fsp3) is 0.633. The first-order chi connectivity index (χ1) is 17.3. The van der Waals surface area contributed by atoms with Gasteiger partial charge in [0.15, 0.2) is 5.78 Å². The summed E-state index contributed by atoms with van der Waals surface area (Å²) >= 11 is 0. The van der Waals surface area contributed by atoms with Crippen LogP contribution in [0.1, 0.15) is 51.9 Å². The first kappa shape index (κ1) is 25.0. The average molecular weight is 493 g/mol. The number of allylic oxidation sites excluding steroid dienone is 4. The molecule has 0 spiro atoms. The molecule has 5 aliphatic rings. The number of fused-ring (bicyclic) bond motifs is 7. The van der Waals surface area contributed by atoms with Gasteiger partial charge in [0.05, 0.1) is 6.04 Å². The van der Waals surface area contributed by atoms with Gasteiger partial charge in [-0.2, -0.15) is 0 Å². The van der Waals surface area contributed by atoms with Crippen molar-refractivity contribution in [2.24, 2.45) is 47.3 Å². The third kappa shape index (κ3) is 4.26. The first-order valence-corrected chi connectivity index (χ1v) is 13.8. The molecular weight excluding hydrogens is 452 g/mol. The van der Waals surface area contributed by atoms with E-state index in [0.717, 1.165) is 12.8 Å². The van der Waals surface area contributed by atoms with Gasteiger partial charge in [-0.3, -0.25) is 14.4 Å². The molecule has 6 nitrogen and oxygen atoms in total. The number of carbonyl (C=O) groups is 3. The van der Waals surface area contributed by atoms with E-state index in [-0.39, 0.29) is 28.9 Å². The van der Waals surface area contributed by atoms with Gasteiger partial charge in [-0.05, 0) is 104 Å². The molecule has 2 aliphatic heterocycles. The Morgan fingerprint density at radius 1 is 1.03 bits per heavy atom. The molecule has 0 aromatic rings. The lowest BCUT2D eigenvalue weighted by Crippen LogP contribution is -2.33. The molecule has 5 rings (SSSR count). The van der Waals surface area contributed by atoms with Crippen LogP contribution in [0.15, 0.2) is 48.3 Å². The van der Waals surface area contributed by atoms with Crippen LogP contribution in [0.5, 0.6) is 0 Å². The van der Waals surface area contributed by atoms with E-state index in [0.29, 0.717) is 60.8 Å². The Kier molecular flexibility index (Phi) is 6.97. The van der Waals surface area contributed by atoms with E-state index in [9.17, 15) is 19.5 Å². The number of aliphatic hydroxyl groups excluding tert-OH is 1. The maximum Gasteiger partial charge on any atom is 0.261 e. The molecule has 2 N–H and O–H groups in total. The van der Waals surface area contributed by atoms with Crippen molar-refractivity contribution in [3.63, 3.8) is 0 Å². The summed E-state index contributed by atoms with van der Waals surface area (Å²) in [7, 11) is 1.61. The molecule has 2 amide bonds. The molecule has 2 bridgehead atoms. The molecule has 6 heteroatoms. The zero-order chi connectivity index (χ0) is 25.6. The highest BCUT2D eigenvalue weighted by atomic mass is 16.3. The first-order valence-electron chi connectivity index (χ1n) is 13.8. The summed E-state index contributed by atoms with van der Waals surface area (Å²) in [6.45, 7) is 6.95. The molecule has 36 heavy (non-hydrogen) atoms. The molecule has 4 fully saturated rings. The van der Waals surface area contributed by atoms with Crippen molar-refractivity contribution in [2.75, 3.05) is 13.6 Å². The third-order valence-corrected chi connectivity index (χ3v) is 10.1. The highest BCUT2D eigenvalue weighted by Crippen LogP contribution is 2.61. The summed E-state index contributed by atoms with van der Waals surface area (Å²) in [5, 5.41) is 13.8. The number of likely N-dealkylation sites (tertiary alicyclic amines) is 1.